The number of aryl methyl sites for hydroxylation is 1. The molecule has 3 nitrogen and oxygen atoms in total. The lowest BCUT2D eigenvalue weighted by molar-refractivity contribution is 0.313. The van der Waals surface area contributed by atoms with Crippen LogP contribution in [0.2, 0.25) is 0 Å². The monoisotopic (exact) mass is 350 g/mol. The molecule has 108 valence electrons. The van der Waals surface area contributed by atoms with Crippen molar-refractivity contribution in [1.82, 2.24) is 9.71 Å². The largest absolute Gasteiger partial charge is 0.598 e. The Labute approximate surface area is 125 Å². The molecule has 1 unspecified atom stereocenters. The van der Waals surface area contributed by atoms with Crippen LogP contribution in [0.15, 0.2) is 22.8 Å². The Morgan fingerprint density at radius 1 is 1.47 bits per heavy atom. The molecule has 0 amide bonds. The Balaban J connectivity index is 2.30. The highest BCUT2D eigenvalue weighted by atomic mass is 79.9. The highest BCUT2D eigenvalue weighted by molar-refractivity contribution is 9.10. The third-order valence-electron chi connectivity index (χ3n) is 2.48. The molecule has 0 aromatic carbocycles. The van der Waals surface area contributed by atoms with Crippen molar-refractivity contribution in [3.8, 4) is 0 Å². The summed E-state index contributed by atoms with van der Waals surface area (Å²) in [5.41, 5.74) is 0.856. The van der Waals surface area contributed by atoms with E-state index >= 15 is 0 Å². The van der Waals surface area contributed by atoms with Crippen LogP contribution in [0.5, 0.6) is 0 Å². The second-order valence-corrected chi connectivity index (χ2v) is 8.18. The van der Waals surface area contributed by atoms with E-state index in [0.717, 1.165) is 10.3 Å². The van der Waals surface area contributed by atoms with Crippen molar-refractivity contribution in [2.75, 3.05) is 6.54 Å². The van der Waals surface area contributed by atoms with Gasteiger partial charge in [-0.1, -0.05) is 6.07 Å². The first kappa shape index (κ1) is 16.9. The molecule has 1 N–H and O–H groups in total. The Hall–Kier alpha value is -0.170. The van der Waals surface area contributed by atoms with E-state index in [-0.39, 0.29) is 11.3 Å². The molecule has 2 atom stereocenters. The summed E-state index contributed by atoms with van der Waals surface area (Å²) in [6, 6.07) is 5.59. The SMILES string of the molecule is CC(C)(C)[S+]([O-])NC[C@@H](F)CCc1cccc(Br)n1. The Bertz CT molecular complexity index is 400. The lowest BCUT2D eigenvalue weighted by atomic mass is 10.1. The van der Waals surface area contributed by atoms with E-state index in [9.17, 15) is 8.94 Å². The van der Waals surface area contributed by atoms with E-state index in [1.54, 1.807) is 0 Å². The van der Waals surface area contributed by atoms with Crippen molar-refractivity contribution in [1.29, 1.82) is 0 Å². The van der Waals surface area contributed by atoms with Gasteiger partial charge in [0.2, 0.25) is 0 Å². The molecule has 0 saturated carbocycles. The second-order valence-electron chi connectivity index (χ2n) is 5.32. The molecule has 19 heavy (non-hydrogen) atoms. The maximum Gasteiger partial charge on any atom is 0.136 e. The summed E-state index contributed by atoms with van der Waals surface area (Å²) in [6.45, 7) is 5.68. The highest BCUT2D eigenvalue weighted by Crippen LogP contribution is 2.14. The zero-order chi connectivity index (χ0) is 14.5. The average Bonchev–Trinajstić information content (AvgIpc) is 2.32. The maximum atomic E-state index is 13.7. The van der Waals surface area contributed by atoms with Crippen molar-refractivity contribution >= 4 is 27.3 Å². The van der Waals surface area contributed by atoms with Crippen LogP contribution in [0.25, 0.3) is 0 Å². The average molecular weight is 351 g/mol. The van der Waals surface area contributed by atoms with E-state index in [2.05, 4.69) is 25.6 Å². The Kier molecular flexibility index (Phi) is 6.73. The minimum absolute atomic E-state index is 0.109. The molecular weight excluding hydrogens is 331 g/mol. The van der Waals surface area contributed by atoms with Gasteiger partial charge in [-0.3, -0.25) is 0 Å². The fourth-order valence-corrected chi connectivity index (χ4v) is 2.52. The normalized spacial score (nSPS) is 15.3. The molecule has 0 aliphatic carbocycles. The molecule has 0 radical (unpaired) electrons. The molecular formula is C13H20BrFN2OS. The zero-order valence-corrected chi connectivity index (χ0v) is 13.9. The van der Waals surface area contributed by atoms with Gasteiger partial charge in [0.25, 0.3) is 0 Å². The molecule has 0 spiro atoms. The van der Waals surface area contributed by atoms with Crippen LogP contribution in [0.4, 0.5) is 4.39 Å². The third kappa shape index (κ3) is 6.70. The molecule has 0 fully saturated rings. The van der Waals surface area contributed by atoms with Crippen molar-refractivity contribution < 1.29 is 8.94 Å². The van der Waals surface area contributed by atoms with E-state index < -0.39 is 17.5 Å². The number of pyridine rings is 1. The van der Waals surface area contributed by atoms with E-state index in [4.69, 9.17) is 0 Å². The minimum atomic E-state index is -1.22. The number of hydrogen-bond acceptors (Lipinski definition) is 3. The summed E-state index contributed by atoms with van der Waals surface area (Å²) in [4.78, 5) is 4.25. The van der Waals surface area contributed by atoms with Crippen LogP contribution in [-0.4, -0.2) is 27.0 Å². The minimum Gasteiger partial charge on any atom is -0.598 e. The van der Waals surface area contributed by atoms with Crippen molar-refractivity contribution in [2.24, 2.45) is 0 Å². The number of alkyl halides is 1. The molecule has 6 heteroatoms. The molecule has 1 aromatic heterocycles. The van der Waals surface area contributed by atoms with Gasteiger partial charge in [0.1, 0.15) is 15.5 Å². The van der Waals surface area contributed by atoms with Crippen molar-refractivity contribution in [3.05, 3.63) is 28.5 Å². The summed E-state index contributed by atoms with van der Waals surface area (Å²) in [6.07, 6.45) is -0.0746. The molecule has 0 aliphatic heterocycles. The van der Waals surface area contributed by atoms with Gasteiger partial charge < -0.3 is 4.55 Å². The molecule has 0 bridgehead atoms. The number of nitrogens with one attached hydrogen (secondary N) is 1. The predicted octanol–water partition coefficient (Wildman–Crippen LogP) is 3.17. The van der Waals surface area contributed by atoms with Crippen LogP contribution in [0, 0.1) is 0 Å². The first-order valence-electron chi connectivity index (χ1n) is 6.20. The van der Waals surface area contributed by atoms with Gasteiger partial charge >= 0.3 is 0 Å². The summed E-state index contributed by atoms with van der Waals surface area (Å²) < 4.78 is 28.5. The molecule has 0 aliphatic rings. The summed E-state index contributed by atoms with van der Waals surface area (Å²) in [5, 5.41) is 0. The molecule has 1 heterocycles. The van der Waals surface area contributed by atoms with Gasteiger partial charge in [0.05, 0.1) is 6.54 Å². The Morgan fingerprint density at radius 2 is 2.16 bits per heavy atom. The topological polar surface area (TPSA) is 48.0 Å². The van der Waals surface area contributed by atoms with E-state index in [0.29, 0.717) is 12.8 Å². The van der Waals surface area contributed by atoms with Gasteiger partial charge in [-0.25, -0.2) is 9.37 Å². The van der Waals surface area contributed by atoms with Gasteiger partial charge in [-0.2, -0.15) is 0 Å². The Morgan fingerprint density at radius 3 is 2.74 bits per heavy atom. The molecule has 0 saturated heterocycles. The van der Waals surface area contributed by atoms with Gasteiger partial charge in [0.15, 0.2) is 0 Å². The quantitative estimate of drug-likeness (QED) is 0.633. The van der Waals surface area contributed by atoms with Crippen LogP contribution in [0.3, 0.4) is 0 Å². The summed E-state index contributed by atoms with van der Waals surface area (Å²) in [7, 11) is 0. The van der Waals surface area contributed by atoms with Gasteiger partial charge in [-0.05, 0) is 61.7 Å². The molecule has 1 rings (SSSR count). The van der Waals surface area contributed by atoms with Crippen molar-refractivity contribution in [2.45, 2.75) is 44.5 Å². The fraction of sp³-hybridized carbons (Fsp3) is 0.615. The van der Waals surface area contributed by atoms with Gasteiger partial charge in [-0.15, -0.1) is 4.72 Å². The van der Waals surface area contributed by atoms with Crippen LogP contribution in [0.1, 0.15) is 32.9 Å². The smallest absolute Gasteiger partial charge is 0.136 e. The first-order valence-corrected chi connectivity index (χ1v) is 8.14. The highest BCUT2D eigenvalue weighted by Gasteiger charge is 2.26. The summed E-state index contributed by atoms with van der Waals surface area (Å²) >= 11 is 2.06. The number of hydrogen-bond donors (Lipinski definition) is 1. The number of nitrogens with zero attached hydrogens (tertiary/aromatic N) is 1. The number of rotatable bonds is 6. The lowest BCUT2D eigenvalue weighted by Gasteiger charge is -2.24. The summed E-state index contributed by atoms with van der Waals surface area (Å²) in [5.74, 6) is 0. The van der Waals surface area contributed by atoms with Gasteiger partial charge in [0, 0.05) is 17.1 Å². The number of halogens is 2. The van der Waals surface area contributed by atoms with E-state index in [1.807, 2.05) is 39.0 Å². The molecule has 1 aromatic rings. The first-order chi connectivity index (χ1) is 8.79. The van der Waals surface area contributed by atoms with Crippen LogP contribution >= 0.6 is 15.9 Å². The van der Waals surface area contributed by atoms with Crippen molar-refractivity contribution in [3.63, 3.8) is 0 Å². The number of aromatic nitrogens is 1. The lowest BCUT2D eigenvalue weighted by Crippen LogP contribution is -2.41. The predicted molar refractivity (Wildman–Crippen MR) is 81.1 cm³/mol. The standard InChI is InChI=1S/C13H20BrFN2OS/c1-13(2,3)19(18)16-9-10(15)7-8-11-5-4-6-12(14)17-11/h4-6,10,16H,7-9H2,1-3H3/t10-,19?/m0/s1. The maximum absolute atomic E-state index is 13.7. The fourth-order valence-electron chi connectivity index (χ4n) is 1.38. The van der Waals surface area contributed by atoms with E-state index in [1.165, 1.54) is 0 Å². The zero-order valence-electron chi connectivity index (χ0n) is 11.5. The second kappa shape index (κ2) is 7.57. The third-order valence-corrected chi connectivity index (χ3v) is 4.46. The van der Waals surface area contributed by atoms with Crippen LogP contribution in [-0.2, 0) is 17.8 Å². The van der Waals surface area contributed by atoms with Crippen LogP contribution < -0.4 is 4.72 Å².